The quantitative estimate of drug-likeness (QED) is 0.621. The van der Waals surface area contributed by atoms with E-state index in [0.29, 0.717) is 12.6 Å². The van der Waals surface area contributed by atoms with Gasteiger partial charge >= 0.3 is 0 Å². The number of nitrogens with zero attached hydrogens (tertiary/aromatic N) is 2. The van der Waals surface area contributed by atoms with Crippen LogP contribution in [0.2, 0.25) is 0 Å². The van der Waals surface area contributed by atoms with Crippen LogP contribution in [0.4, 0.5) is 0 Å². The maximum atomic E-state index is 6.21. The number of benzene rings is 2. The maximum Gasteiger partial charge on any atom is 0.249 e. The van der Waals surface area contributed by atoms with Gasteiger partial charge in [-0.1, -0.05) is 42.0 Å². The van der Waals surface area contributed by atoms with Crippen LogP contribution in [0.1, 0.15) is 39.6 Å². The van der Waals surface area contributed by atoms with Crippen molar-refractivity contribution < 1.29 is 9.30 Å². The lowest BCUT2D eigenvalue weighted by Crippen LogP contribution is -2.32. The molecule has 2 heterocycles. The van der Waals surface area contributed by atoms with Gasteiger partial charge in [0.15, 0.2) is 11.7 Å². The highest BCUT2D eigenvalue weighted by Crippen LogP contribution is 2.39. The van der Waals surface area contributed by atoms with Crippen LogP contribution in [0.15, 0.2) is 48.9 Å². The highest BCUT2D eigenvalue weighted by Gasteiger charge is 2.42. The summed E-state index contributed by atoms with van der Waals surface area (Å²) in [4.78, 5) is 0. The number of imidazole rings is 1. The molecule has 0 N–H and O–H groups in total. The number of fused-ring (bicyclic) bond motifs is 5. The first-order valence-electron chi connectivity index (χ1n) is 9.01. The normalized spacial score (nSPS) is 20.9. The Labute approximate surface area is 148 Å². The highest BCUT2D eigenvalue weighted by atomic mass is 16.5. The van der Waals surface area contributed by atoms with Gasteiger partial charge in [-0.15, -0.1) is 0 Å². The average Bonchev–Trinajstić information content (AvgIpc) is 3.13. The van der Waals surface area contributed by atoms with Crippen LogP contribution in [0.3, 0.4) is 0 Å². The molecule has 0 spiro atoms. The molecular formula is C22H23N2O+. The fourth-order valence-corrected chi connectivity index (χ4v) is 4.74. The van der Waals surface area contributed by atoms with Crippen molar-refractivity contribution in [1.29, 1.82) is 0 Å². The lowest BCUT2D eigenvalue weighted by molar-refractivity contribution is -0.596. The van der Waals surface area contributed by atoms with Crippen LogP contribution in [-0.2, 0) is 17.8 Å². The van der Waals surface area contributed by atoms with Crippen LogP contribution < -0.4 is 4.57 Å². The molecule has 3 nitrogen and oxygen atoms in total. The summed E-state index contributed by atoms with van der Waals surface area (Å²) in [6.45, 7) is 7.24. The van der Waals surface area contributed by atoms with Gasteiger partial charge in [0, 0.05) is 12.0 Å². The molecule has 2 aliphatic rings. The monoisotopic (exact) mass is 331 g/mol. The zero-order chi connectivity index (χ0) is 17.1. The third kappa shape index (κ3) is 2.19. The predicted octanol–water partition coefficient (Wildman–Crippen LogP) is 3.73. The molecule has 0 saturated heterocycles. The van der Waals surface area contributed by atoms with Crippen molar-refractivity contribution in [3.8, 4) is 5.69 Å². The Balaban J connectivity index is 1.65. The number of aromatic nitrogens is 2. The molecule has 5 rings (SSSR count). The summed E-state index contributed by atoms with van der Waals surface area (Å²) >= 11 is 0. The Kier molecular flexibility index (Phi) is 3.16. The van der Waals surface area contributed by atoms with Crippen LogP contribution in [-0.4, -0.2) is 10.7 Å². The summed E-state index contributed by atoms with van der Waals surface area (Å²) in [5.74, 6) is 0. The van der Waals surface area contributed by atoms with Gasteiger partial charge in [0.1, 0.15) is 24.6 Å². The van der Waals surface area contributed by atoms with Gasteiger partial charge in [0.25, 0.3) is 0 Å². The second-order valence-electron chi connectivity index (χ2n) is 7.50. The topological polar surface area (TPSA) is 18.0 Å². The fraction of sp³-hybridized carbons (Fsp3) is 0.318. The lowest BCUT2D eigenvalue weighted by Gasteiger charge is -2.24. The van der Waals surface area contributed by atoms with Crippen LogP contribution in [0, 0.1) is 20.8 Å². The minimum atomic E-state index is 0.256. The standard InChI is InChI=1S/C22H23N2O/c1-14-8-15(2)21(16(3)9-14)23-11-18-12-25-20-10-17-6-4-5-7-19(17)22(20)24(18)13-23/h4-9,11,13,20,22H,10,12H2,1-3H3/q+1/t20-,22?/m1/s1. The molecule has 0 bridgehead atoms. The fourth-order valence-electron chi connectivity index (χ4n) is 4.74. The lowest BCUT2D eigenvalue weighted by atomic mass is 10.1. The largest absolute Gasteiger partial charge is 0.364 e. The molecule has 3 heteroatoms. The number of hydrogen-bond acceptors (Lipinski definition) is 1. The Hall–Kier alpha value is -2.39. The summed E-state index contributed by atoms with van der Waals surface area (Å²) in [6.07, 6.45) is 5.77. The van der Waals surface area contributed by atoms with Gasteiger partial charge in [-0.05, 0) is 37.5 Å². The summed E-state index contributed by atoms with van der Waals surface area (Å²) in [5.41, 5.74) is 9.32. The molecule has 2 aromatic carbocycles. The van der Waals surface area contributed by atoms with Crippen molar-refractivity contribution >= 4 is 0 Å². The Bertz CT molecular complexity index is 962. The minimum Gasteiger partial charge on any atom is -0.364 e. The van der Waals surface area contributed by atoms with Crippen molar-refractivity contribution in [2.75, 3.05) is 0 Å². The molecule has 1 aliphatic heterocycles. The first-order valence-corrected chi connectivity index (χ1v) is 9.01. The van der Waals surface area contributed by atoms with Crippen molar-refractivity contribution in [2.45, 2.75) is 45.9 Å². The number of aryl methyl sites for hydroxylation is 3. The van der Waals surface area contributed by atoms with E-state index in [0.717, 1.165) is 6.42 Å². The van der Waals surface area contributed by atoms with Crippen molar-refractivity contribution in [3.63, 3.8) is 0 Å². The summed E-state index contributed by atoms with van der Waals surface area (Å²) in [5, 5.41) is 0. The number of ether oxygens (including phenoxy) is 1. The number of rotatable bonds is 1. The smallest absolute Gasteiger partial charge is 0.249 e. The average molecular weight is 331 g/mol. The van der Waals surface area contributed by atoms with Crippen LogP contribution in [0.5, 0.6) is 0 Å². The number of hydrogen-bond donors (Lipinski definition) is 0. The Morgan fingerprint density at radius 3 is 2.64 bits per heavy atom. The summed E-state index contributed by atoms with van der Waals surface area (Å²) in [6, 6.07) is 13.6. The molecule has 126 valence electrons. The third-order valence-electron chi connectivity index (χ3n) is 5.65. The van der Waals surface area contributed by atoms with Gasteiger partial charge in [-0.2, -0.15) is 0 Å². The van der Waals surface area contributed by atoms with Gasteiger partial charge < -0.3 is 4.74 Å². The van der Waals surface area contributed by atoms with Gasteiger partial charge in [-0.3, -0.25) is 0 Å². The molecule has 1 aromatic heterocycles. The van der Waals surface area contributed by atoms with E-state index in [4.69, 9.17) is 4.74 Å². The van der Waals surface area contributed by atoms with E-state index in [1.54, 1.807) is 0 Å². The molecule has 2 atom stereocenters. The van der Waals surface area contributed by atoms with E-state index in [1.807, 2.05) is 0 Å². The molecule has 0 radical (unpaired) electrons. The first-order chi connectivity index (χ1) is 12.1. The zero-order valence-corrected chi connectivity index (χ0v) is 15.0. The molecular weight excluding hydrogens is 308 g/mol. The maximum absolute atomic E-state index is 6.21. The van der Waals surface area contributed by atoms with Gasteiger partial charge in [0.2, 0.25) is 6.33 Å². The second-order valence-corrected chi connectivity index (χ2v) is 7.50. The van der Waals surface area contributed by atoms with Crippen molar-refractivity contribution in [2.24, 2.45) is 0 Å². The Morgan fingerprint density at radius 2 is 1.84 bits per heavy atom. The highest BCUT2D eigenvalue weighted by molar-refractivity contribution is 5.43. The SMILES string of the molecule is Cc1cc(C)c(-[n+]2cc3n(c2)C2c4ccccc4C[C@H]2OC3)c(C)c1. The molecule has 0 saturated carbocycles. The summed E-state index contributed by atoms with van der Waals surface area (Å²) in [7, 11) is 0. The molecule has 0 fully saturated rings. The van der Waals surface area contributed by atoms with E-state index in [9.17, 15) is 0 Å². The van der Waals surface area contributed by atoms with Gasteiger partial charge in [0.05, 0.1) is 0 Å². The van der Waals surface area contributed by atoms with E-state index in [-0.39, 0.29) is 6.10 Å². The minimum absolute atomic E-state index is 0.256. The molecule has 25 heavy (non-hydrogen) atoms. The first kappa shape index (κ1) is 14.9. The van der Waals surface area contributed by atoms with Crippen molar-refractivity contribution in [3.05, 3.63) is 82.4 Å². The van der Waals surface area contributed by atoms with E-state index < -0.39 is 0 Å². The van der Waals surface area contributed by atoms with Crippen LogP contribution >= 0.6 is 0 Å². The molecule has 1 unspecified atom stereocenters. The second kappa shape index (κ2) is 5.30. The Morgan fingerprint density at radius 1 is 1.08 bits per heavy atom. The molecule has 1 aliphatic carbocycles. The van der Waals surface area contributed by atoms with Gasteiger partial charge in [-0.25, -0.2) is 9.13 Å². The van der Waals surface area contributed by atoms with Crippen LogP contribution in [0.25, 0.3) is 5.69 Å². The zero-order valence-electron chi connectivity index (χ0n) is 15.0. The molecule has 3 aromatic rings. The third-order valence-corrected chi connectivity index (χ3v) is 5.65. The summed E-state index contributed by atoms with van der Waals surface area (Å²) < 4.78 is 10.9. The van der Waals surface area contributed by atoms with Crippen molar-refractivity contribution in [1.82, 2.24) is 4.57 Å². The molecule has 0 amide bonds. The van der Waals surface area contributed by atoms with E-state index >= 15 is 0 Å². The van der Waals surface area contributed by atoms with E-state index in [2.05, 4.69) is 78.8 Å². The predicted molar refractivity (Wildman–Crippen MR) is 97.0 cm³/mol. The van der Waals surface area contributed by atoms with E-state index in [1.165, 1.54) is 39.2 Å².